The Kier molecular flexibility index (Phi) is 21.7. The number of aryl methyl sites for hydroxylation is 2. The molecular weight excluding hydrogens is 813 g/mol. The van der Waals surface area contributed by atoms with Gasteiger partial charge in [0.05, 0.1) is 26.6 Å². The lowest BCUT2D eigenvalue weighted by Crippen LogP contribution is -2.47. The summed E-state index contributed by atoms with van der Waals surface area (Å²) in [6, 6.07) is 13.1. The predicted molar refractivity (Wildman–Crippen MR) is 248 cm³/mol. The van der Waals surface area contributed by atoms with E-state index < -0.39 is 36.8 Å². The van der Waals surface area contributed by atoms with Crippen molar-refractivity contribution in [1.82, 2.24) is 24.6 Å². The van der Waals surface area contributed by atoms with E-state index in [-0.39, 0.29) is 27.9 Å². The highest BCUT2D eigenvalue weighted by molar-refractivity contribution is 7.89. The van der Waals surface area contributed by atoms with Crippen LogP contribution < -0.4 is 20.5 Å². The van der Waals surface area contributed by atoms with E-state index in [0.29, 0.717) is 25.9 Å². The maximum atomic E-state index is 12.7. The molecule has 0 aliphatic heterocycles. The third-order valence-corrected chi connectivity index (χ3v) is 15.3. The van der Waals surface area contributed by atoms with E-state index in [9.17, 15) is 32.2 Å². The van der Waals surface area contributed by atoms with Crippen LogP contribution in [-0.2, 0) is 20.0 Å². The molecule has 15 heteroatoms. The fourth-order valence-corrected chi connectivity index (χ4v) is 11.6. The fraction of sp³-hybridized carbons (Fsp3) is 0.739. The molecule has 3 atom stereocenters. The molecule has 3 aliphatic rings. The second-order valence-corrected chi connectivity index (χ2v) is 22.5. The Bertz CT molecular complexity index is 1760. The molecule has 0 saturated heterocycles. The predicted octanol–water partition coefficient (Wildman–Crippen LogP) is 5.20. The van der Waals surface area contributed by atoms with Crippen molar-refractivity contribution in [2.75, 3.05) is 54.9 Å². The van der Waals surface area contributed by atoms with Crippen LogP contribution in [0.3, 0.4) is 0 Å². The highest BCUT2D eigenvalue weighted by atomic mass is 32.2. The molecule has 0 aromatic heterocycles. The first-order chi connectivity index (χ1) is 28.6. The van der Waals surface area contributed by atoms with Crippen LogP contribution in [-0.4, -0.2) is 132 Å². The minimum atomic E-state index is -3.59. The number of benzene rings is 2. The number of sulfonamides is 2. The molecule has 61 heavy (non-hydrogen) atoms. The van der Waals surface area contributed by atoms with E-state index in [1.54, 1.807) is 55.6 Å². The largest absolute Gasteiger partial charge is 0.390 e. The first-order valence-corrected chi connectivity index (χ1v) is 25.6. The molecular formula is C46H82N6O7S2. The van der Waals surface area contributed by atoms with Crippen LogP contribution in [0.1, 0.15) is 127 Å². The van der Waals surface area contributed by atoms with E-state index in [4.69, 9.17) is 5.73 Å². The van der Waals surface area contributed by atoms with Crippen LogP contribution >= 0.6 is 0 Å². The Morgan fingerprint density at radius 3 is 1.23 bits per heavy atom. The van der Waals surface area contributed by atoms with Gasteiger partial charge in [-0.1, -0.05) is 93.2 Å². The van der Waals surface area contributed by atoms with Gasteiger partial charge in [-0.2, -0.15) is 0 Å². The highest BCUT2D eigenvalue weighted by Crippen LogP contribution is 2.34. The number of hydrogen-bond acceptors (Lipinski definition) is 11. The summed E-state index contributed by atoms with van der Waals surface area (Å²) in [5, 5.41) is 34.8. The molecule has 8 N–H and O–H groups in total. The van der Waals surface area contributed by atoms with Crippen molar-refractivity contribution in [2.45, 2.75) is 174 Å². The third-order valence-electron chi connectivity index (χ3n) is 12.2. The Labute approximate surface area is 369 Å². The molecule has 5 rings (SSSR count). The van der Waals surface area contributed by atoms with Gasteiger partial charge < -0.3 is 36.2 Å². The van der Waals surface area contributed by atoms with Gasteiger partial charge in [0.15, 0.2) is 0 Å². The van der Waals surface area contributed by atoms with E-state index >= 15 is 0 Å². The van der Waals surface area contributed by atoms with Crippen molar-refractivity contribution >= 4 is 20.0 Å². The molecule has 3 fully saturated rings. The molecule has 0 heterocycles. The summed E-state index contributed by atoms with van der Waals surface area (Å²) in [5.41, 5.74) is 6.06. The van der Waals surface area contributed by atoms with Gasteiger partial charge in [-0.3, -0.25) is 0 Å². The Balaban J connectivity index is 0.000000253. The number of nitrogens with one attached hydrogen (secondary N) is 3. The van der Waals surface area contributed by atoms with Gasteiger partial charge in [0.2, 0.25) is 20.0 Å². The smallest absolute Gasteiger partial charge is 0.240 e. The number of aliphatic hydroxyl groups is 3. The lowest BCUT2D eigenvalue weighted by molar-refractivity contribution is -0.0123. The molecule has 350 valence electrons. The van der Waals surface area contributed by atoms with Crippen LogP contribution in [0.15, 0.2) is 58.3 Å². The highest BCUT2D eigenvalue weighted by Gasteiger charge is 2.35. The van der Waals surface area contributed by atoms with Gasteiger partial charge >= 0.3 is 0 Å². The van der Waals surface area contributed by atoms with Crippen molar-refractivity contribution in [3.05, 3.63) is 59.7 Å². The molecule has 3 aliphatic carbocycles. The van der Waals surface area contributed by atoms with Crippen molar-refractivity contribution in [3.63, 3.8) is 0 Å². The molecule has 3 saturated carbocycles. The fourth-order valence-electron chi connectivity index (χ4n) is 9.18. The number of hydrogen-bond donors (Lipinski definition) is 7. The summed E-state index contributed by atoms with van der Waals surface area (Å²) in [5.74, 6) is 0. The molecule has 0 radical (unpaired) electrons. The molecule has 3 unspecified atom stereocenters. The van der Waals surface area contributed by atoms with Gasteiger partial charge in [0, 0.05) is 37.8 Å². The average molecular weight is 895 g/mol. The van der Waals surface area contributed by atoms with Crippen LogP contribution in [0.2, 0.25) is 0 Å². The number of nitrogens with zero attached hydrogens (tertiary/aromatic N) is 2. The van der Waals surface area contributed by atoms with E-state index in [1.807, 2.05) is 46.9 Å². The molecule has 0 bridgehead atoms. The quantitative estimate of drug-likeness (QED) is 0.104. The maximum Gasteiger partial charge on any atom is 0.240 e. The number of rotatable bonds is 18. The second kappa shape index (κ2) is 24.9. The van der Waals surface area contributed by atoms with Crippen molar-refractivity contribution in [1.29, 1.82) is 0 Å². The van der Waals surface area contributed by atoms with Gasteiger partial charge in [0.25, 0.3) is 0 Å². The van der Waals surface area contributed by atoms with Crippen molar-refractivity contribution in [3.8, 4) is 0 Å². The Hall–Kier alpha value is -2.02. The Morgan fingerprint density at radius 2 is 0.885 bits per heavy atom. The van der Waals surface area contributed by atoms with Gasteiger partial charge in [-0.15, -0.1) is 0 Å². The molecule has 2 aromatic rings. The first-order valence-electron chi connectivity index (χ1n) is 22.6. The van der Waals surface area contributed by atoms with Crippen LogP contribution in [0.4, 0.5) is 0 Å². The van der Waals surface area contributed by atoms with Crippen molar-refractivity contribution < 1.29 is 32.2 Å². The molecule has 2 aromatic carbocycles. The Morgan fingerprint density at radius 1 is 0.557 bits per heavy atom. The minimum Gasteiger partial charge on any atom is -0.390 e. The summed E-state index contributed by atoms with van der Waals surface area (Å²) >= 11 is 0. The average Bonchev–Trinajstić information content (AvgIpc) is 3.15. The van der Waals surface area contributed by atoms with E-state index in [0.717, 1.165) is 114 Å². The SMILES string of the molecule is CN(C)CC(N)CC1(O)CCCCC1.CNCC(CC1(O)CCCCC1)NS(=O)(=O)c1ccc(C)cc1.Cc1ccc(S(=O)(=O)NC(CN(C)C)CC2(O)CCCCC2)cc1. The second-order valence-electron chi connectivity index (χ2n) is 19.1. The summed E-state index contributed by atoms with van der Waals surface area (Å²) in [7, 11) is 2.49. The summed E-state index contributed by atoms with van der Waals surface area (Å²) in [6.07, 6.45) is 16.5. The monoisotopic (exact) mass is 895 g/mol. The lowest BCUT2D eigenvalue weighted by Gasteiger charge is -2.36. The van der Waals surface area contributed by atoms with Gasteiger partial charge in [-0.05, 0) is 131 Å². The van der Waals surface area contributed by atoms with E-state index in [1.165, 1.54) is 6.42 Å². The van der Waals surface area contributed by atoms with Gasteiger partial charge in [-0.25, -0.2) is 26.3 Å². The summed E-state index contributed by atoms with van der Waals surface area (Å²) in [4.78, 5) is 4.57. The first kappa shape index (κ1) is 53.3. The van der Waals surface area contributed by atoms with E-state index in [2.05, 4.69) is 19.7 Å². The van der Waals surface area contributed by atoms with Crippen molar-refractivity contribution in [2.24, 2.45) is 5.73 Å². The van der Waals surface area contributed by atoms with Gasteiger partial charge in [0.1, 0.15) is 0 Å². The van der Waals surface area contributed by atoms with Crippen LogP contribution in [0.25, 0.3) is 0 Å². The zero-order chi connectivity index (χ0) is 45.3. The molecule has 0 spiro atoms. The third kappa shape index (κ3) is 19.7. The molecule has 13 nitrogen and oxygen atoms in total. The lowest BCUT2D eigenvalue weighted by atomic mass is 9.80. The zero-order valence-corrected chi connectivity index (χ0v) is 40.1. The standard InChI is InChI=1S/C18H30N2O3S.C17H28N2O3S.C11H24N2O/c1-15-7-9-17(10-8-15)24(22,23)19-16(14-20(2)3)13-18(21)11-5-4-6-12-18;1-14-6-8-16(9-7-14)23(21,22)19-15(13-18-2)12-17(20)10-4-3-5-11-17;1-13(2)9-10(12)8-11(14)6-4-3-5-7-11/h7-10,16,19,21H,4-6,11-14H2,1-3H3;6-9,15,18-20H,3-5,10-13H2,1-2H3;10,14H,3-9,12H2,1-2H3. The minimum absolute atomic E-state index is 0.105. The summed E-state index contributed by atoms with van der Waals surface area (Å²) < 4.78 is 56.0. The number of likely N-dealkylation sites (N-methyl/N-ethyl adjacent to an activating group) is 3. The maximum absolute atomic E-state index is 12.7. The zero-order valence-electron chi connectivity index (χ0n) is 38.5. The summed E-state index contributed by atoms with van der Waals surface area (Å²) in [6.45, 7) is 5.77. The van der Waals surface area contributed by atoms with Crippen LogP contribution in [0.5, 0.6) is 0 Å². The topological polar surface area (TPSA) is 198 Å². The molecule has 0 amide bonds. The number of nitrogens with two attached hydrogens (primary N) is 1. The van der Waals surface area contributed by atoms with Crippen LogP contribution in [0, 0.1) is 13.8 Å². The normalized spacial score (nSPS) is 20.4.